The van der Waals surface area contributed by atoms with Crippen molar-refractivity contribution in [1.29, 1.82) is 0 Å². The van der Waals surface area contributed by atoms with Gasteiger partial charge >= 0.3 is 0 Å². The van der Waals surface area contributed by atoms with Gasteiger partial charge in [0.25, 0.3) is 0 Å². The molecule has 1 heterocycles. The minimum absolute atomic E-state index is 0.484. The van der Waals surface area contributed by atoms with E-state index in [1.807, 2.05) is 4.57 Å². The predicted octanol–water partition coefficient (Wildman–Crippen LogP) is 2.95. The van der Waals surface area contributed by atoms with Gasteiger partial charge in [0.15, 0.2) is 0 Å². The molecule has 0 aromatic carbocycles. The van der Waals surface area contributed by atoms with Crippen LogP contribution in [0.5, 0.6) is 0 Å². The molecule has 0 unspecified atom stereocenters. The van der Waals surface area contributed by atoms with Gasteiger partial charge in [0.05, 0.1) is 0 Å². The summed E-state index contributed by atoms with van der Waals surface area (Å²) in [6, 6.07) is 0. The fraction of sp³-hybridized carbons (Fsp3) is 0.833. The summed E-state index contributed by atoms with van der Waals surface area (Å²) < 4.78 is 7.51. The van der Waals surface area contributed by atoms with E-state index in [9.17, 15) is 0 Å². The zero-order chi connectivity index (χ0) is 12.7. The third-order valence-electron chi connectivity index (χ3n) is 2.38. The van der Waals surface area contributed by atoms with Gasteiger partial charge in [-0.05, 0) is 30.4 Å². The molecule has 0 aliphatic carbocycles. The molecular formula is C12H22ClN3O. The number of hydrogen-bond acceptors (Lipinski definition) is 3. The molecule has 0 aliphatic heterocycles. The van der Waals surface area contributed by atoms with Crippen molar-refractivity contribution in [2.45, 2.75) is 46.6 Å². The van der Waals surface area contributed by atoms with Crippen LogP contribution in [0.25, 0.3) is 0 Å². The second kappa shape index (κ2) is 7.67. The first-order chi connectivity index (χ1) is 8.15. The number of nitrogens with zero attached hydrogens (tertiary/aromatic N) is 3. The molecule has 98 valence electrons. The SMILES string of the molecule is CCCc1nnc(Cl)n1CCCOCC(C)C. The van der Waals surface area contributed by atoms with Crippen molar-refractivity contribution in [1.82, 2.24) is 14.8 Å². The van der Waals surface area contributed by atoms with Gasteiger partial charge in [0, 0.05) is 26.2 Å². The molecule has 0 bridgehead atoms. The Morgan fingerprint density at radius 1 is 1.35 bits per heavy atom. The van der Waals surface area contributed by atoms with Crippen molar-refractivity contribution in [3.63, 3.8) is 0 Å². The molecule has 4 nitrogen and oxygen atoms in total. The van der Waals surface area contributed by atoms with Gasteiger partial charge in [0.1, 0.15) is 5.82 Å². The Bertz CT molecular complexity index is 326. The molecule has 0 radical (unpaired) electrons. The maximum absolute atomic E-state index is 5.99. The summed E-state index contributed by atoms with van der Waals surface area (Å²) in [7, 11) is 0. The molecule has 0 saturated heterocycles. The highest BCUT2D eigenvalue weighted by Gasteiger charge is 2.08. The fourth-order valence-corrected chi connectivity index (χ4v) is 1.81. The molecule has 1 aromatic rings. The van der Waals surface area contributed by atoms with Crippen LogP contribution in [-0.4, -0.2) is 28.0 Å². The number of ether oxygens (including phenoxy) is 1. The Labute approximate surface area is 108 Å². The van der Waals surface area contributed by atoms with Crippen molar-refractivity contribution in [3.05, 3.63) is 11.1 Å². The smallest absolute Gasteiger partial charge is 0.225 e. The predicted molar refractivity (Wildman–Crippen MR) is 69.3 cm³/mol. The molecule has 17 heavy (non-hydrogen) atoms. The number of aromatic nitrogens is 3. The van der Waals surface area contributed by atoms with Gasteiger partial charge in [-0.1, -0.05) is 20.8 Å². The molecule has 0 fully saturated rings. The monoisotopic (exact) mass is 259 g/mol. The van der Waals surface area contributed by atoms with Gasteiger partial charge in [0.2, 0.25) is 5.28 Å². The lowest BCUT2D eigenvalue weighted by molar-refractivity contribution is 0.105. The molecule has 0 amide bonds. The van der Waals surface area contributed by atoms with Crippen molar-refractivity contribution in [2.75, 3.05) is 13.2 Å². The van der Waals surface area contributed by atoms with Crippen molar-refractivity contribution in [2.24, 2.45) is 5.92 Å². The van der Waals surface area contributed by atoms with Crippen LogP contribution in [-0.2, 0) is 17.7 Å². The van der Waals surface area contributed by atoms with E-state index in [-0.39, 0.29) is 0 Å². The van der Waals surface area contributed by atoms with E-state index in [2.05, 4.69) is 31.0 Å². The van der Waals surface area contributed by atoms with E-state index < -0.39 is 0 Å². The highest BCUT2D eigenvalue weighted by molar-refractivity contribution is 6.28. The Morgan fingerprint density at radius 3 is 2.76 bits per heavy atom. The van der Waals surface area contributed by atoms with Crippen LogP contribution >= 0.6 is 11.6 Å². The largest absolute Gasteiger partial charge is 0.381 e. The summed E-state index contributed by atoms with van der Waals surface area (Å²) in [5, 5.41) is 8.46. The van der Waals surface area contributed by atoms with E-state index in [4.69, 9.17) is 16.3 Å². The van der Waals surface area contributed by atoms with Crippen LogP contribution in [0.2, 0.25) is 5.28 Å². The lowest BCUT2D eigenvalue weighted by Gasteiger charge is -2.09. The number of rotatable bonds is 8. The quantitative estimate of drug-likeness (QED) is 0.674. The molecule has 0 aliphatic rings. The Balaban J connectivity index is 2.32. The van der Waals surface area contributed by atoms with E-state index in [0.717, 1.165) is 44.8 Å². The zero-order valence-corrected chi connectivity index (χ0v) is 11.7. The summed E-state index contributed by atoms with van der Waals surface area (Å²) in [6.07, 6.45) is 2.92. The highest BCUT2D eigenvalue weighted by Crippen LogP contribution is 2.10. The molecule has 0 atom stereocenters. The zero-order valence-electron chi connectivity index (χ0n) is 10.9. The first kappa shape index (κ1) is 14.5. The summed E-state index contributed by atoms with van der Waals surface area (Å²) >= 11 is 5.99. The lowest BCUT2D eigenvalue weighted by atomic mass is 10.2. The molecule has 5 heteroatoms. The maximum Gasteiger partial charge on any atom is 0.225 e. The molecule has 0 N–H and O–H groups in total. The third kappa shape index (κ3) is 5.04. The second-order valence-electron chi connectivity index (χ2n) is 4.61. The first-order valence-corrected chi connectivity index (χ1v) is 6.68. The van der Waals surface area contributed by atoms with Gasteiger partial charge < -0.3 is 9.30 Å². The minimum atomic E-state index is 0.484. The Hall–Kier alpha value is -0.610. The lowest BCUT2D eigenvalue weighted by Crippen LogP contribution is -2.09. The molecule has 0 saturated carbocycles. The van der Waals surface area contributed by atoms with E-state index >= 15 is 0 Å². The summed E-state index contributed by atoms with van der Waals surface area (Å²) in [5.74, 6) is 1.56. The van der Waals surface area contributed by atoms with E-state index in [1.165, 1.54) is 0 Å². The molecule has 0 spiro atoms. The normalized spacial score (nSPS) is 11.4. The van der Waals surface area contributed by atoms with E-state index in [1.54, 1.807) is 0 Å². The van der Waals surface area contributed by atoms with Crippen molar-refractivity contribution in [3.8, 4) is 0 Å². The molecule has 1 rings (SSSR count). The average Bonchev–Trinajstić information content (AvgIpc) is 2.61. The van der Waals surface area contributed by atoms with E-state index in [0.29, 0.717) is 11.2 Å². The molecule has 1 aromatic heterocycles. The average molecular weight is 260 g/mol. The molecular weight excluding hydrogens is 238 g/mol. The number of halogens is 1. The van der Waals surface area contributed by atoms with Gasteiger partial charge in [-0.3, -0.25) is 0 Å². The van der Waals surface area contributed by atoms with Crippen molar-refractivity contribution < 1.29 is 4.74 Å². The maximum atomic E-state index is 5.99. The minimum Gasteiger partial charge on any atom is -0.381 e. The van der Waals surface area contributed by atoms with Crippen LogP contribution in [0, 0.1) is 5.92 Å². The Kier molecular flexibility index (Phi) is 6.52. The number of hydrogen-bond donors (Lipinski definition) is 0. The number of aryl methyl sites for hydroxylation is 1. The third-order valence-corrected chi connectivity index (χ3v) is 2.66. The summed E-state index contributed by atoms with van der Waals surface area (Å²) in [6.45, 7) is 8.83. The summed E-state index contributed by atoms with van der Waals surface area (Å²) in [4.78, 5) is 0. The van der Waals surface area contributed by atoms with Crippen LogP contribution in [0.1, 0.15) is 39.4 Å². The Morgan fingerprint density at radius 2 is 2.12 bits per heavy atom. The fourth-order valence-electron chi connectivity index (χ4n) is 1.59. The standard InChI is InChI=1S/C12H22ClN3O/c1-4-6-11-14-15-12(13)16(11)7-5-8-17-9-10(2)3/h10H,4-9H2,1-3H3. The van der Waals surface area contributed by atoms with Crippen LogP contribution in [0.4, 0.5) is 0 Å². The van der Waals surface area contributed by atoms with Gasteiger partial charge in [-0.2, -0.15) is 0 Å². The van der Waals surface area contributed by atoms with Gasteiger partial charge in [-0.15, -0.1) is 10.2 Å². The first-order valence-electron chi connectivity index (χ1n) is 6.30. The van der Waals surface area contributed by atoms with Crippen LogP contribution < -0.4 is 0 Å². The highest BCUT2D eigenvalue weighted by atomic mass is 35.5. The second-order valence-corrected chi connectivity index (χ2v) is 4.95. The summed E-state index contributed by atoms with van der Waals surface area (Å²) in [5.41, 5.74) is 0. The van der Waals surface area contributed by atoms with Crippen molar-refractivity contribution >= 4 is 11.6 Å². The van der Waals surface area contributed by atoms with Crippen LogP contribution in [0.3, 0.4) is 0 Å². The van der Waals surface area contributed by atoms with Crippen LogP contribution in [0.15, 0.2) is 0 Å². The van der Waals surface area contributed by atoms with Gasteiger partial charge in [-0.25, -0.2) is 0 Å². The topological polar surface area (TPSA) is 39.9 Å².